The molecule has 3 amide bonds. The van der Waals surface area contributed by atoms with Crippen LogP contribution >= 0.6 is 0 Å². The second-order valence-electron chi connectivity index (χ2n) is 14.6. The molecule has 3 aliphatic heterocycles. The lowest BCUT2D eigenvalue weighted by molar-refractivity contribution is -0.139. The number of methoxy groups -OCH3 is 1. The highest BCUT2D eigenvalue weighted by molar-refractivity contribution is 5.94. The molecule has 11 nitrogen and oxygen atoms in total. The minimum atomic E-state index is -0.682. The van der Waals surface area contributed by atoms with Gasteiger partial charge in [-0.25, -0.2) is 9.48 Å². The molecule has 46 heavy (non-hydrogen) atoms. The van der Waals surface area contributed by atoms with Crippen molar-refractivity contribution in [3.63, 3.8) is 0 Å². The largest absolute Gasteiger partial charge is 0.444 e. The van der Waals surface area contributed by atoms with E-state index in [1.165, 1.54) is 0 Å². The molecule has 2 aromatic rings. The summed E-state index contributed by atoms with van der Waals surface area (Å²) in [4.78, 5) is 47.9. The van der Waals surface area contributed by atoms with Crippen LogP contribution in [0.2, 0.25) is 0 Å². The van der Waals surface area contributed by atoms with Crippen LogP contribution in [0.4, 0.5) is 4.79 Å². The Morgan fingerprint density at radius 1 is 1.00 bits per heavy atom. The van der Waals surface area contributed by atoms with Gasteiger partial charge >= 0.3 is 6.09 Å². The van der Waals surface area contributed by atoms with Gasteiger partial charge in [-0.1, -0.05) is 37.3 Å². The number of piperidine rings is 1. The second kappa shape index (κ2) is 14.5. The van der Waals surface area contributed by atoms with Crippen LogP contribution in [0.3, 0.4) is 0 Å². The molecule has 4 heterocycles. The zero-order chi connectivity index (χ0) is 33.0. The monoisotopic (exact) mass is 636 g/mol. The fourth-order valence-corrected chi connectivity index (χ4v) is 7.37. The van der Waals surface area contributed by atoms with Crippen LogP contribution in [-0.2, 0) is 20.7 Å². The molecule has 0 spiro atoms. The molecular weight excluding hydrogens is 584 g/mol. The first kappa shape index (κ1) is 33.9. The van der Waals surface area contributed by atoms with Crippen LogP contribution < -0.4 is 0 Å². The van der Waals surface area contributed by atoms with Gasteiger partial charge < -0.3 is 24.2 Å². The van der Waals surface area contributed by atoms with Crippen molar-refractivity contribution in [3.05, 3.63) is 41.7 Å². The maximum Gasteiger partial charge on any atom is 0.410 e. The summed E-state index contributed by atoms with van der Waals surface area (Å²) in [6, 6.07) is 9.92. The molecule has 0 aliphatic carbocycles. The van der Waals surface area contributed by atoms with Gasteiger partial charge in [0, 0.05) is 45.4 Å². The molecule has 2 bridgehead atoms. The van der Waals surface area contributed by atoms with Crippen LogP contribution in [0.15, 0.2) is 30.3 Å². The Hall–Kier alpha value is -3.47. The number of carbonyl (C=O) groups excluding carboxylic acids is 3. The lowest BCUT2D eigenvalue weighted by Crippen LogP contribution is -2.58. The molecule has 252 valence electrons. The molecule has 3 saturated heterocycles. The van der Waals surface area contributed by atoms with Crippen molar-refractivity contribution in [3.8, 4) is 5.69 Å². The predicted octanol–water partition coefficient (Wildman–Crippen LogP) is 5.11. The molecule has 5 rings (SSSR count). The zero-order valence-electron chi connectivity index (χ0n) is 28.5. The number of unbranched alkanes of at least 4 members (excludes halogenated alkanes) is 1. The maximum absolute atomic E-state index is 14.6. The number of likely N-dealkylation sites (tertiary alicyclic amines) is 1. The summed E-state index contributed by atoms with van der Waals surface area (Å²) < 4.78 is 12.8. The minimum Gasteiger partial charge on any atom is -0.444 e. The summed E-state index contributed by atoms with van der Waals surface area (Å²) in [5.74, 6) is -0.377. The van der Waals surface area contributed by atoms with E-state index in [0.717, 1.165) is 49.9 Å². The molecule has 0 radical (unpaired) electrons. The van der Waals surface area contributed by atoms with Crippen LogP contribution in [0.25, 0.3) is 5.69 Å². The third kappa shape index (κ3) is 7.73. The van der Waals surface area contributed by atoms with Crippen LogP contribution in [-0.4, -0.2) is 105 Å². The quantitative estimate of drug-likeness (QED) is 0.315. The maximum atomic E-state index is 14.6. The van der Waals surface area contributed by atoms with Crippen LogP contribution in [0.1, 0.15) is 95.7 Å². The van der Waals surface area contributed by atoms with Gasteiger partial charge in [-0.05, 0) is 90.2 Å². The van der Waals surface area contributed by atoms with Crippen molar-refractivity contribution in [2.24, 2.45) is 11.8 Å². The van der Waals surface area contributed by atoms with Gasteiger partial charge in [0.25, 0.3) is 5.91 Å². The third-order valence-electron chi connectivity index (χ3n) is 9.38. The first-order valence-corrected chi connectivity index (χ1v) is 17.1. The molecule has 1 aromatic carbocycles. The molecule has 0 saturated carbocycles. The van der Waals surface area contributed by atoms with Gasteiger partial charge in [-0.3, -0.25) is 9.59 Å². The smallest absolute Gasteiger partial charge is 0.410 e. The number of hydrogen-bond acceptors (Lipinski definition) is 7. The molecule has 3 fully saturated rings. The van der Waals surface area contributed by atoms with Gasteiger partial charge in [0.2, 0.25) is 5.91 Å². The number of fused-ring (bicyclic) bond motifs is 2. The van der Waals surface area contributed by atoms with E-state index in [-0.39, 0.29) is 35.9 Å². The Kier molecular flexibility index (Phi) is 10.7. The molecule has 11 heteroatoms. The number of aromatic nitrogens is 3. The van der Waals surface area contributed by atoms with Gasteiger partial charge in [0.05, 0.1) is 23.3 Å². The van der Waals surface area contributed by atoms with Crippen LogP contribution in [0.5, 0.6) is 0 Å². The highest BCUT2D eigenvalue weighted by Gasteiger charge is 2.47. The molecule has 0 N–H and O–H groups in total. The summed E-state index contributed by atoms with van der Waals surface area (Å²) in [6.45, 7) is 11.4. The van der Waals surface area contributed by atoms with E-state index < -0.39 is 17.6 Å². The first-order valence-electron chi connectivity index (χ1n) is 17.1. The average molecular weight is 637 g/mol. The average Bonchev–Trinajstić information content (AvgIpc) is 3.75. The van der Waals surface area contributed by atoms with E-state index in [2.05, 4.69) is 29.1 Å². The Balaban J connectivity index is 1.47. The Bertz CT molecular complexity index is 1330. The number of carbonyl (C=O) groups is 3. The number of nitrogens with zero attached hydrogens (tertiary/aromatic N) is 6. The first-order chi connectivity index (χ1) is 22.0. The predicted molar refractivity (Wildman–Crippen MR) is 175 cm³/mol. The SMILES string of the molecule is COCCCCc1c(C(=O)N(CC(C)C)[C@H]2C[C@@H](C(=O)N3C4CCC3CC4)CN(C(=O)OC(C)(C)C)C2)nnn1-c1ccccc1. The molecular formula is C35H52N6O5. The normalized spacial score (nSPS) is 22.8. The van der Waals surface area contributed by atoms with Crippen LogP contribution in [0, 0.1) is 11.8 Å². The summed E-state index contributed by atoms with van der Waals surface area (Å²) in [6.07, 6.45) is 6.48. The van der Waals surface area contributed by atoms with E-state index >= 15 is 0 Å². The van der Waals surface area contributed by atoms with Gasteiger partial charge in [-0.2, -0.15) is 0 Å². The number of ether oxygens (including phenoxy) is 2. The number of amides is 3. The summed E-state index contributed by atoms with van der Waals surface area (Å²) in [5, 5.41) is 8.93. The summed E-state index contributed by atoms with van der Waals surface area (Å²) in [7, 11) is 1.69. The Labute approximate surface area is 273 Å². The number of para-hydroxylation sites is 1. The standard InChI is InChI=1S/C35H52N6O5/c1-24(2)21-39(33(43)31-30(14-10-11-19-45-6)41(37-36-31)28-12-8-7-9-13-28)29-20-25(22-38(23-29)34(44)46-35(3,4)5)32(42)40-26-15-16-27(40)18-17-26/h7-9,12-13,24-27,29H,10-11,14-23H2,1-6H3/t25-,26?,27?,29+/m1/s1. The third-order valence-corrected chi connectivity index (χ3v) is 9.38. The highest BCUT2D eigenvalue weighted by Crippen LogP contribution is 2.39. The fraction of sp³-hybridized carbons (Fsp3) is 0.686. The fourth-order valence-electron chi connectivity index (χ4n) is 7.37. The van der Waals surface area contributed by atoms with E-state index in [1.54, 1.807) is 16.7 Å². The van der Waals surface area contributed by atoms with Gasteiger partial charge in [0.1, 0.15) is 5.60 Å². The number of rotatable bonds is 11. The summed E-state index contributed by atoms with van der Waals surface area (Å²) in [5.41, 5.74) is 1.23. The van der Waals surface area contributed by atoms with Crippen molar-refractivity contribution in [1.29, 1.82) is 0 Å². The van der Waals surface area contributed by atoms with E-state index in [0.29, 0.717) is 44.8 Å². The minimum absolute atomic E-state index is 0.106. The van der Waals surface area contributed by atoms with E-state index in [1.807, 2.05) is 56.0 Å². The zero-order valence-corrected chi connectivity index (χ0v) is 28.5. The van der Waals surface area contributed by atoms with Gasteiger partial charge in [0.15, 0.2) is 5.69 Å². The molecule has 0 unspecified atom stereocenters. The number of hydrogen-bond donors (Lipinski definition) is 0. The lowest BCUT2D eigenvalue weighted by atomic mass is 9.91. The van der Waals surface area contributed by atoms with Crippen molar-refractivity contribution in [1.82, 2.24) is 29.7 Å². The highest BCUT2D eigenvalue weighted by atomic mass is 16.6. The summed E-state index contributed by atoms with van der Waals surface area (Å²) >= 11 is 0. The topological polar surface area (TPSA) is 110 Å². The molecule has 1 aromatic heterocycles. The van der Waals surface area contributed by atoms with Gasteiger partial charge in [-0.15, -0.1) is 5.10 Å². The Morgan fingerprint density at radius 2 is 1.67 bits per heavy atom. The van der Waals surface area contributed by atoms with Crippen molar-refractivity contribution in [2.45, 2.75) is 110 Å². The van der Waals surface area contributed by atoms with Crippen molar-refractivity contribution < 1.29 is 23.9 Å². The second-order valence-corrected chi connectivity index (χ2v) is 14.6. The molecule has 3 aliphatic rings. The number of benzene rings is 1. The van der Waals surface area contributed by atoms with E-state index in [9.17, 15) is 14.4 Å². The lowest BCUT2D eigenvalue weighted by Gasteiger charge is -2.43. The Morgan fingerprint density at radius 3 is 2.28 bits per heavy atom. The van der Waals surface area contributed by atoms with Crippen molar-refractivity contribution >= 4 is 17.9 Å². The van der Waals surface area contributed by atoms with E-state index in [4.69, 9.17) is 9.47 Å². The molecule has 2 atom stereocenters. The van der Waals surface area contributed by atoms with Crippen molar-refractivity contribution in [2.75, 3.05) is 33.4 Å².